The van der Waals surface area contributed by atoms with Gasteiger partial charge >= 0.3 is 6.09 Å². The zero-order valence-corrected chi connectivity index (χ0v) is 19.6. The minimum Gasteiger partial charge on any atom is -0.493 e. The van der Waals surface area contributed by atoms with Crippen LogP contribution in [0.4, 0.5) is 4.79 Å². The van der Waals surface area contributed by atoms with Crippen molar-refractivity contribution in [2.75, 3.05) is 67.0 Å². The average Bonchev–Trinajstić information content (AvgIpc) is 2.74. The molecule has 0 bridgehead atoms. The van der Waals surface area contributed by atoms with Crippen molar-refractivity contribution < 1.29 is 42.7 Å². The van der Waals surface area contributed by atoms with Crippen LogP contribution in [-0.2, 0) is 18.9 Å². The Kier molecular flexibility index (Phi) is 13.1. The zero-order chi connectivity index (χ0) is 23.8. The van der Waals surface area contributed by atoms with E-state index in [1.54, 1.807) is 32.9 Å². The summed E-state index contributed by atoms with van der Waals surface area (Å²) in [4.78, 5) is 22.5. The van der Waals surface area contributed by atoms with Crippen molar-refractivity contribution in [2.24, 2.45) is 0 Å². The van der Waals surface area contributed by atoms with E-state index < -0.39 is 11.7 Å². The second kappa shape index (κ2) is 15.3. The summed E-state index contributed by atoms with van der Waals surface area (Å²) in [5.41, 5.74) is -0.0933. The molecule has 0 fully saturated rings. The van der Waals surface area contributed by atoms with Gasteiger partial charge in [0.15, 0.2) is 11.5 Å². The Morgan fingerprint density at radius 2 is 1.44 bits per heavy atom. The van der Waals surface area contributed by atoms with Crippen molar-refractivity contribution in [3.05, 3.63) is 17.7 Å². The molecule has 0 atom stereocenters. The molecule has 0 heterocycles. The third kappa shape index (κ3) is 11.7. The first-order valence-electron chi connectivity index (χ1n) is 10.3. The van der Waals surface area contributed by atoms with E-state index in [4.69, 9.17) is 33.2 Å². The highest BCUT2D eigenvalue weighted by Crippen LogP contribution is 2.38. The fourth-order valence-electron chi connectivity index (χ4n) is 2.42. The molecule has 0 unspecified atom stereocenters. The number of aldehydes is 1. The molecule has 1 N–H and O–H groups in total. The highest BCUT2D eigenvalue weighted by molar-refractivity contribution is 5.78. The van der Waals surface area contributed by atoms with E-state index >= 15 is 0 Å². The van der Waals surface area contributed by atoms with Gasteiger partial charge in [0.1, 0.15) is 18.5 Å². The number of ether oxygens (including phenoxy) is 7. The number of hydrogen-bond acceptors (Lipinski definition) is 9. The fourth-order valence-corrected chi connectivity index (χ4v) is 2.42. The number of rotatable bonds is 16. The van der Waals surface area contributed by atoms with E-state index in [1.165, 1.54) is 14.2 Å². The maximum Gasteiger partial charge on any atom is 0.407 e. The minimum atomic E-state index is -0.519. The van der Waals surface area contributed by atoms with Crippen LogP contribution in [0.2, 0.25) is 0 Å². The lowest BCUT2D eigenvalue weighted by atomic mass is 10.2. The van der Waals surface area contributed by atoms with Gasteiger partial charge in [-0.25, -0.2) is 4.79 Å². The number of alkyl carbamates (subject to hydrolysis) is 1. The Morgan fingerprint density at radius 3 is 1.97 bits per heavy atom. The van der Waals surface area contributed by atoms with Crippen LogP contribution >= 0.6 is 0 Å². The molecule has 0 saturated heterocycles. The molecule has 32 heavy (non-hydrogen) atoms. The third-order valence-electron chi connectivity index (χ3n) is 3.75. The van der Waals surface area contributed by atoms with Crippen LogP contribution in [-0.4, -0.2) is 85.0 Å². The van der Waals surface area contributed by atoms with E-state index in [1.807, 2.05) is 0 Å². The van der Waals surface area contributed by atoms with Crippen LogP contribution in [0.1, 0.15) is 31.1 Å². The molecule has 1 rings (SSSR count). The smallest absolute Gasteiger partial charge is 0.407 e. The van der Waals surface area contributed by atoms with E-state index in [-0.39, 0.29) is 6.61 Å². The maximum absolute atomic E-state index is 11.4. The molecule has 0 aliphatic heterocycles. The van der Waals surface area contributed by atoms with Crippen molar-refractivity contribution in [3.8, 4) is 17.2 Å². The minimum absolute atomic E-state index is 0.273. The number of carbonyl (C=O) groups is 2. The number of methoxy groups -OCH3 is 2. The van der Waals surface area contributed by atoms with Crippen molar-refractivity contribution in [1.29, 1.82) is 0 Å². The fraction of sp³-hybridized carbons (Fsp3) is 0.636. The molecule has 10 heteroatoms. The first kappa shape index (κ1) is 27.5. The molecule has 1 amide bonds. The highest BCUT2D eigenvalue weighted by atomic mass is 16.6. The Bertz CT molecular complexity index is 689. The van der Waals surface area contributed by atoms with Gasteiger partial charge in [-0.3, -0.25) is 4.79 Å². The van der Waals surface area contributed by atoms with E-state index in [2.05, 4.69) is 5.32 Å². The van der Waals surface area contributed by atoms with Gasteiger partial charge in [-0.15, -0.1) is 0 Å². The van der Waals surface area contributed by atoms with Crippen molar-refractivity contribution in [1.82, 2.24) is 5.32 Å². The molecule has 1 aromatic rings. The van der Waals surface area contributed by atoms with Crippen LogP contribution in [0.5, 0.6) is 17.2 Å². The third-order valence-corrected chi connectivity index (χ3v) is 3.75. The van der Waals surface area contributed by atoms with E-state index in [9.17, 15) is 9.59 Å². The Hall–Kier alpha value is -2.56. The number of hydrogen-bond donors (Lipinski definition) is 1. The second-order valence-electron chi connectivity index (χ2n) is 7.49. The normalized spacial score (nSPS) is 11.0. The van der Waals surface area contributed by atoms with Gasteiger partial charge in [0, 0.05) is 12.1 Å². The van der Waals surface area contributed by atoms with Crippen molar-refractivity contribution in [3.63, 3.8) is 0 Å². The van der Waals surface area contributed by atoms with Crippen molar-refractivity contribution in [2.45, 2.75) is 26.4 Å². The summed E-state index contributed by atoms with van der Waals surface area (Å²) in [6.45, 7) is 8.41. The molecule has 0 spiro atoms. The highest BCUT2D eigenvalue weighted by Gasteiger charge is 2.15. The lowest BCUT2D eigenvalue weighted by Gasteiger charge is -2.19. The summed E-state index contributed by atoms with van der Waals surface area (Å²) < 4.78 is 37.5. The summed E-state index contributed by atoms with van der Waals surface area (Å²) in [5, 5.41) is 2.61. The summed E-state index contributed by atoms with van der Waals surface area (Å²) in [7, 11) is 2.99. The summed E-state index contributed by atoms with van der Waals surface area (Å²) in [5.74, 6) is 1.25. The molecule has 0 saturated carbocycles. The van der Waals surface area contributed by atoms with Gasteiger partial charge in [-0.05, 0) is 32.9 Å². The molecule has 10 nitrogen and oxygen atoms in total. The zero-order valence-electron chi connectivity index (χ0n) is 19.6. The lowest BCUT2D eigenvalue weighted by molar-refractivity contribution is 0.00891. The molecule has 182 valence electrons. The van der Waals surface area contributed by atoms with Crippen LogP contribution in [0.25, 0.3) is 0 Å². The lowest BCUT2D eigenvalue weighted by Crippen LogP contribution is -2.34. The maximum atomic E-state index is 11.4. The largest absolute Gasteiger partial charge is 0.493 e. The van der Waals surface area contributed by atoms with Gasteiger partial charge in [-0.2, -0.15) is 0 Å². The quantitative estimate of drug-likeness (QED) is 0.296. The van der Waals surface area contributed by atoms with Gasteiger partial charge in [0.05, 0.1) is 53.9 Å². The first-order valence-corrected chi connectivity index (χ1v) is 10.3. The molecule has 0 aromatic heterocycles. The molecular formula is C22H35NO9. The number of carbonyl (C=O) groups excluding carboxylic acids is 2. The predicted molar refractivity (Wildman–Crippen MR) is 117 cm³/mol. The summed E-state index contributed by atoms with van der Waals surface area (Å²) >= 11 is 0. The molecular weight excluding hydrogens is 422 g/mol. The van der Waals surface area contributed by atoms with Gasteiger partial charge in [0.2, 0.25) is 5.75 Å². The average molecular weight is 458 g/mol. The molecule has 1 aromatic carbocycles. The Balaban J connectivity index is 2.05. The van der Waals surface area contributed by atoms with Crippen LogP contribution in [0.3, 0.4) is 0 Å². The molecule has 0 aliphatic carbocycles. The number of benzene rings is 1. The monoisotopic (exact) mass is 457 g/mol. The number of nitrogens with one attached hydrogen (secondary N) is 1. The van der Waals surface area contributed by atoms with Gasteiger partial charge in [-0.1, -0.05) is 0 Å². The van der Waals surface area contributed by atoms with Crippen LogP contribution in [0.15, 0.2) is 12.1 Å². The molecule has 0 radical (unpaired) electrons. The number of amides is 1. The predicted octanol–water partition coefficient (Wildman–Crippen LogP) is 2.47. The summed E-state index contributed by atoms with van der Waals surface area (Å²) in [6, 6.07) is 3.16. The first-order chi connectivity index (χ1) is 15.3. The van der Waals surface area contributed by atoms with E-state index in [0.717, 1.165) is 0 Å². The topological polar surface area (TPSA) is 111 Å². The Morgan fingerprint density at radius 1 is 0.875 bits per heavy atom. The SMILES string of the molecule is COc1cc(C=O)cc(OCCOCCOCCOCCNC(=O)OC(C)(C)C)c1OC. The summed E-state index contributed by atoms with van der Waals surface area (Å²) in [6.07, 6.45) is 0.247. The second-order valence-corrected chi connectivity index (χ2v) is 7.49. The standard InChI is InChI=1S/C22H35NO9/c1-22(2,3)32-21(25)23-6-7-28-8-9-29-10-11-30-12-13-31-19-15-17(16-24)14-18(26-4)20(19)27-5/h14-16H,6-13H2,1-5H3,(H,23,25). The molecule has 0 aliphatic rings. The van der Waals surface area contributed by atoms with Gasteiger partial charge in [0.25, 0.3) is 0 Å². The Labute approximate surface area is 189 Å². The van der Waals surface area contributed by atoms with E-state index in [0.29, 0.717) is 75.3 Å². The van der Waals surface area contributed by atoms with Crippen molar-refractivity contribution >= 4 is 12.4 Å². The van der Waals surface area contributed by atoms with Crippen LogP contribution in [0, 0.1) is 0 Å². The van der Waals surface area contributed by atoms with Crippen LogP contribution < -0.4 is 19.5 Å². The van der Waals surface area contributed by atoms with Gasteiger partial charge < -0.3 is 38.5 Å².